The summed E-state index contributed by atoms with van der Waals surface area (Å²) in [4.78, 5) is 24.8. The van der Waals surface area contributed by atoms with Gasteiger partial charge in [-0.15, -0.1) is 0 Å². The van der Waals surface area contributed by atoms with Crippen LogP contribution in [0.4, 0.5) is 16.2 Å². The van der Waals surface area contributed by atoms with Gasteiger partial charge >= 0.3 is 6.03 Å². The van der Waals surface area contributed by atoms with E-state index < -0.39 is 10.5 Å². The highest BCUT2D eigenvalue weighted by Crippen LogP contribution is 2.31. The molecule has 0 spiro atoms. The predicted molar refractivity (Wildman–Crippen MR) is 87.6 cm³/mol. The predicted octanol–water partition coefficient (Wildman–Crippen LogP) is 2.98. The number of carbonyl (C=O) groups excluding carboxylic acids is 1. The Morgan fingerprint density at radius 3 is 2.65 bits per heavy atom. The van der Waals surface area contributed by atoms with Crippen LogP contribution in [0.1, 0.15) is 37.8 Å². The lowest BCUT2D eigenvalue weighted by molar-refractivity contribution is -0.385. The highest BCUT2D eigenvalue weighted by molar-refractivity contribution is 5.92. The molecule has 1 atom stereocenters. The molecular formula is C16H23N3O4. The average Bonchev–Trinajstić information content (AvgIpc) is 2.92. The molecule has 1 aromatic rings. The van der Waals surface area contributed by atoms with Crippen molar-refractivity contribution in [1.82, 2.24) is 4.90 Å². The smallest absolute Gasteiger partial charge is 0.322 e. The van der Waals surface area contributed by atoms with Crippen LogP contribution in [0.3, 0.4) is 0 Å². The van der Waals surface area contributed by atoms with Gasteiger partial charge < -0.3 is 15.3 Å². The summed E-state index contributed by atoms with van der Waals surface area (Å²) < 4.78 is 0. The first kappa shape index (κ1) is 17.2. The van der Waals surface area contributed by atoms with Crippen LogP contribution < -0.4 is 5.32 Å². The van der Waals surface area contributed by atoms with Crippen LogP contribution in [0.5, 0.6) is 0 Å². The molecule has 0 saturated carbocycles. The maximum absolute atomic E-state index is 12.6. The number of likely N-dealkylation sites (tertiary alicyclic amines) is 1. The van der Waals surface area contributed by atoms with Gasteiger partial charge in [-0.25, -0.2) is 4.79 Å². The second-order valence-electron chi connectivity index (χ2n) is 6.59. The molecule has 1 aliphatic heterocycles. The van der Waals surface area contributed by atoms with E-state index >= 15 is 0 Å². The van der Waals surface area contributed by atoms with Crippen LogP contribution in [-0.4, -0.2) is 39.1 Å². The number of aryl methyl sites for hydroxylation is 1. The quantitative estimate of drug-likeness (QED) is 0.661. The molecule has 1 heterocycles. The molecule has 0 aromatic heterocycles. The van der Waals surface area contributed by atoms with Crippen molar-refractivity contribution in [3.8, 4) is 0 Å². The van der Waals surface area contributed by atoms with E-state index in [1.165, 1.54) is 6.07 Å². The molecule has 0 radical (unpaired) electrons. The lowest BCUT2D eigenvalue weighted by Crippen LogP contribution is -2.49. The fraction of sp³-hybridized carbons (Fsp3) is 0.562. The molecule has 1 aliphatic rings. The largest absolute Gasteiger partial charge is 0.388 e. The van der Waals surface area contributed by atoms with Gasteiger partial charge in [0.25, 0.3) is 5.69 Å². The van der Waals surface area contributed by atoms with Gasteiger partial charge in [-0.1, -0.05) is 6.07 Å². The third-order valence-corrected chi connectivity index (χ3v) is 4.40. The third kappa shape index (κ3) is 3.44. The van der Waals surface area contributed by atoms with E-state index in [2.05, 4.69) is 5.32 Å². The SMILES string of the molecule is Cc1ccc([N+](=O)[O-])c(C)c1NC(=O)N1CCCC1C(C)(C)O. The van der Waals surface area contributed by atoms with E-state index in [9.17, 15) is 20.0 Å². The van der Waals surface area contributed by atoms with Crippen molar-refractivity contribution >= 4 is 17.4 Å². The van der Waals surface area contributed by atoms with E-state index in [0.29, 0.717) is 17.8 Å². The number of nitrogens with one attached hydrogen (secondary N) is 1. The zero-order valence-corrected chi connectivity index (χ0v) is 13.9. The minimum atomic E-state index is -0.986. The Balaban J connectivity index is 2.27. The van der Waals surface area contributed by atoms with Gasteiger partial charge in [0.15, 0.2) is 0 Å². The molecule has 1 aromatic carbocycles. The van der Waals surface area contributed by atoms with Crippen LogP contribution in [0.2, 0.25) is 0 Å². The van der Waals surface area contributed by atoms with Gasteiger partial charge in [0.05, 0.1) is 27.8 Å². The summed E-state index contributed by atoms with van der Waals surface area (Å²) in [5.41, 5.74) is 0.653. The molecule has 2 N–H and O–H groups in total. The lowest BCUT2D eigenvalue weighted by atomic mass is 9.97. The fourth-order valence-electron chi connectivity index (χ4n) is 3.15. The molecule has 7 heteroatoms. The first-order chi connectivity index (χ1) is 10.6. The summed E-state index contributed by atoms with van der Waals surface area (Å²) in [6, 6.07) is 2.47. The first-order valence-corrected chi connectivity index (χ1v) is 7.67. The number of anilines is 1. The minimum Gasteiger partial charge on any atom is -0.388 e. The Bertz CT molecular complexity index is 637. The number of carbonyl (C=O) groups is 1. The summed E-state index contributed by atoms with van der Waals surface area (Å²) in [5.74, 6) is 0. The molecule has 23 heavy (non-hydrogen) atoms. The second-order valence-corrected chi connectivity index (χ2v) is 6.59. The van der Waals surface area contributed by atoms with E-state index in [-0.39, 0.29) is 17.8 Å². The molecule has 1 unspecified atom stereocenters. The number of nitro groups is 1. The Hall–Kier alpha value is -2.15. The zero-order chi connectivity index (χ0) is 17.4. The third-order valence-electron chi connectivity index (χ3n) is 4.40. The number of nitro benzene ring substituents is 1. The summed E-state index contributed by atoms with van der Waals surface area (Å²) in [5, 5.41) is 24.1. The van der Waals surface area contributed by atoms with E-state index in [1.807, 2.05) is 0 Å². The Morgan fingerprint density at radius 2 is 2.09 bits per heavy atom. The molecule has 1 saturated heterocycles. The van der Waals surface area contributed by atoms with Crippen molar-refractivity contribution in [2.24, 2.45) is 0 Å². The van der Waals surface area contributed by atoms with Gasteiger partial charge in [0.1, 0.15) is 0 Å². The standard InChI is InChI=1S/C16H23N3O4/c1-10-7-8-12(19(22)23)11(2)14(10)17-15(20)18-9-5-6-13(18)16(3,4)21/h7-8,13,21H,5-6,9H2,1-4H3,(H,17,20). The number of hydrogen-bond donors (Lipinski definition) is 2. The monoisotopic (exact) mass is 321 g/mol. The normalized spacial score (nSPS) is 18.1. The molecule has 0 bridgehead atoms. The number of hydrogen-bond acceptors (Lipinski definition) is 4. The number of nitrogens with zero attached hydrogens (tertiary/aromatic N) is 2. The maximum atomic E-state index is 12.6. The number of benzene rings is 1. The van der Waals surface area contributed by atoms with Crippen LogP contribution in [0.15, 0.2) is 12.1 Å². The Kier molecular flexibility index (Phi) is 4.61. The Labute approximate surface area is 135 Å². The summed E-state index contributed by atoms with van der Waals surface area (Å²) in [7, 11) is 0. The van der Waals surface area contributed by atoms with E-state index in [0.717, 1.165) is 18.4 Å². The fourth-order valence-corrected chi connectivity index (χ4v) is 3.15. The average molecular weight is 321 g/mol. The maximum Gasteiger partial charge on any atom is 0.322 e. The molecule has 126 valence electrons. The van der Waals surface area contributed by atoms with E-state index in [1.54, 1.807) is 38.7 Å². The number of rotatable bonds is 3. The molecular weight excluding hydrogens is 298 g/mol. The van der Waals surface area contributed by atoms with Crippen LogP contribution in [-0.2, 0) is 0 Å². The van der Waals surface area contributed by atoms with Crippen molar-refractivity contribution < 1.29 is 14.8 Å². The lowest BCUT2D eigenvalue weighted by Gasteiger charge is -2.34. The van der Waals surface area contributed by atoms with Crippen LogP contribution in [0.25, 0.3) is 0 Å². The van der Waals surface area contributed by atoms with Crippen molar-refractivity contribution in [1.29, 1.82) is 0 Å². The van der Waals surface area contributed by atoms with Gasteiger partial charge in [0.2, 0.25) is 0 Å². The molecule has 1 fully saturated rings. The highest BCUT2D eigenvalue weighted by atomic mass is 16.6. The molecule has 0 aliphatic carbocycles. The summed E-state index contributed by atoms with van der Waals surface area (Å²) in [6.45, 7) is 7.36. The van der Waals surface area contributed by atoms with Gasteiger partial charge in [-0.2, -0.15) is 0 Å². The van der Waals surface area contributed by atoms with Gasteiger partial charge in [0, 0.05) is 12.6 Å². The molecule has 2 amide bonds. The molecule has 2 rings (SSSR count). The van der Waals surface area contributed by atoms with Crippen molar-refractivity contribution in [2.75, 3.05) is 11.9 Å². The minimum absolute atomic E-state index is 0.0219. The van der Waals surface area contributed by atoms with E-state index in [4.69, 9.17) is 0 Å². The van der Waals surface area contributed by atoms with Crippen molar-refractivity contribution in [3.63, 3.8) is 0 Å². The number of urea groups is 1. The molecule has 7 nitrogen and oxygen atoms in total. The van der Waals surface area contributed by atoms with Crippen molar-refractivity contribution in [2.45, 2.75) is 52.2 Å². The number of aliphatic hydroxyl groups is 1. The van der Waals surface area contributed by atoms with Crippen LogP contribution >= 0.6 is 0 Å². The topological polar surface area (TPSA) is 95.7 Å². The number of amides is 2. The van der Waals surface area contributed by atoms with Crippen LogP contribution in [0, 0.1) is 24.0 Å². The summed E-state index contributed by atoms with van der Waals surface area (Å²) in [6.07, 6.45) is 1.57. The first-order valence-electron chi connectivity index (χ1n) is 7.67. The van der Waals surface area contributed by atoms with Gasteiger partial charge in [-0.05, 0) is 46.1 Å². The van der Waals surface area contributed by atoms with Crippen molar-refractivity contribution in [3.05, 3.63) is 33.4 Å². The Morgan fingerprint density at radius 1 is 1.43 bits per heavy atom. The van der Waals surface area contributed by atoms with Gasteiger partial charge in [-0.3, -0.25) is 10.1 Å². The summed E-state index contributed by atoms with van der Waals surface area (Å²) >= 11 is 0. The second kappa shape index (κ2) is 6.16. The highest BCUT2D eigenvalue weighted by Gasteiger charge is 2.38. The zero-order valence-electron chi connectivity index (χ0n) is 13.9.